The zero-order valence-electron chi connectivity index (χ0n) is 17.9. The molecule has 30 heavy (non-hydrogen) atoms. The van der Waals surface area contributed by atoms with E-state index >= 15 is 0 Å². The van der Waals surface area contributed by atoms with Gasteiger partial charge >= 0.3 is 0 Å². The van der Waals surface area contributed by atoms with E-state index in [1.165, 1.54) is 16.7 Å². The van der Waals surface area contributed by atoms with Crippen LogP contribution >= 0.6 is 24.0 Å². The Balaban J connectivity index is 0.00000320. The number of halogens is 1. The third kappa shape index (κ3) is 7.00. The van der Waals surface area contributed by atoms with Crippen LogP contribution in [0.15, 0.2) is 59.6 Å². The molecule has 0 saturated carbocycles. The predicted octanol–water partition coefficient (Wildman–Crippen LogP) is 4.29. The molecule has 0 aliphatic carbocycles. The van der Waals surface area contributed by atoms with E-state index in [1.807, 2.05) is 29.2 Å². The molecule has 2 N–H and O–H groups in total. The summed E-state index contributed by atoms with van der Waals surface area (Å²) in [6.07, 6.45) is 2.25. The number of guanidine groups is 1. The Kier molecular flexibility index (Phi) is 10.1. The van der Waals surface area contributed by atoms with Gasteiger partial charge in [0.05, 0.1) is 6.04 Å². The molecule has 5 nitrogen and oxygen atoms in total. The maximum atomic E-state index is 12.6. The fourth-order valence-electron chi connectivity index (χ4n) is 3.64. The molecule has 2 aromatic rings. The van der Waals surface area contributed by atoms with E-state index in [-0.39, 0.29) is 35.9 Å². The van der Waals surface area contributed by atoms with Crippen molar-refractivity contribution in [1.29, 1.82) is 0 Å². The van der Waals surface area contributed by atoms with Gasteiger partial charge in [-0.25, -0.2) is 0 Å². The molecule has 1 aliphatic heterocycles. The number of hydrogen-bond acceptors (Lipinski definition) is 2. The van der Waals surface area contributed by atoms with Crippen molar-refractivity contribution < 1.29 is 4.79 Å². The first-order chi connectivity index (χ1) is 14.2. The van der Waals surface area contributed by atoms with E-state index in [9.17, 15) is 4.79 Å². The standard InChI is InChI=1S/C24H32N4O.HI/c1-3-25-24(27-19(2)20-10-5-4-6-11-20)26-16-9-14-23(29)28-17-15-21-12-7-8-13-22(21)18-28;/h4-8,10-13,19H,3,9,14-18H2,1-2H3,(H2,25,26,27);1H. The molecule has 0 radical (unpaired) electrons. The lowest BCUT2D eigenvalue weighted by Crippen LogP contribution is -2.39. The highest BCUT2D eigenvalue weighted by molar-refractivity contribution is 14.0. The molecule has 0 aromatic heterocycles. The highest BCUT2D eigenvalue weighted by atomic mass is 127. The largest absolute Gasteiger partial charge is 0.357 e. The first-order valence-electron chi connectivity index (χ1n) is 10.6. The number of hydrogen-bond donors (Lipinski definition) is 2. The van der Waals surface area contributed by atoms with Crippen molar-refractivity contribution >= 4 is 35.8 Å². The lowest BCUT2D eigenvalue weighted by Gasteiger charge is -2.29. The molecular formula is C24H33IN4O. The predicted molar refractivity (Wildman–Crippen MR) is 134 cm³/mol. The minimum absolute atomic E-state index is 0. The van der Waals surface area contributed by atoms with Crippen molar-refractivity contribution in [2.45, 2.75) is 45.7 Å². The van der Waals surface area contributed by atoms with Gasteiger partial charge in [-0.15, -0.1) is 24.0 Å². The second-order valence-corrected chi connectivity index (χ2v) is 7.47. The van der Waals surface area contributed by atoms with Gasteiger partial charge in [0.2, 0.25) is 5.91 Å². The van der Waals surface area contributed by atoms with Crippen LogP contribution in [0.1, 0.15) is 49.4 Å². The van der Waals surface area contributed by atoms with Crippen LogP contribution in [0.3, 0.4) is 0 Å². The minimum Gasteiger partial charge on any atom is -0.357 e. The van der Waals surface area contributed by atoms with Gasteiger partial charge in [0, 0.05) is 32.6 Å². The number of amides is 1. The van der Waals surface area contributed by atoms with Gasteiger partial charge in [0.1, 0.15) is 0 Å². The maximum absolute atomic E-state index is 12.6. The van der Waals surface area contributed by atoms with Crippen LogP contribution in [-0.2, 0) is 17.8 Å². The summed E-state index contributed by atoms with van der Waals surface area (Å²) in [6, 6.07) is 18.9. The summed E-state index contributed by atoms with van der Waals surface area (Å²) in [7, 11) is 0. The van der Waals surface area contributed by atoms with Gasteiger partial charge in [-0.2, -0.15) is 0 Å². The topological polar surface area (TPSA) is 56.7 Å². The second kappa shape index (κ2) is 12.6. The minimum atomic E-state index is 0. The third-order valence-electron chi connectivity index (χ3n) is 5.30. The fraction of sp³-hybridized carbons (Fsp3) is 0.417. The summed E-state index contributed by atoms with van der Waals surface area (Å²) in [5, 5.41) is 6.73. The summed E-state index contributed by atoms with van der Waals surface area (Å²) in [5.74, 6) is 1.02. The molecule has 2 aromatic carbocycles. The second-order valence-electron chi connectivity index (χ2n) is 7.47. The van der Waals surface area contributed by atoms with Gasteiger partial charge in [-0.05, 0) is 43.4 Å². The van der Waals surface area contributed by atoms with Crippen LogP contribution in [0.4, 0.5) is 0 Å². The molecule has 3 rings (SSSR count). The maximum Gasteiger partial charge on any atom is 0.222 e. The Hall–Kier alpha value is -2.09. The van der Waals surface area contributed by atoms with Crippen LogP contribution < -0.4 is 10.6 Å². The van der Waals surface area contributed by atoms with E-state index in [4.69, 9.17) is 0 Å². The van der Waals surface area contributed by atoms with Crippen molar-refractivity contribution in [3.63, 3.8) is 0 Å². The van der Waals surface area contributed by atoms with Crippen molar-refractivity contribution in [3.8, 4) is 0 Å². The average Bonchev–Trinajstić information content (AvgIpc) is 2.76. The van der Waals surface area contributed by atoms with Crippen LogP contribution in [0.5, 0.6) is 0 Å². The zero-order chi connectivity index (χ0) is 20.5. The Morgan fingerprint density at radius 2 is 1.80 bits per heavy atom. The molecule has 162 valence electrons. The number of nitrogens with one attached hydrogen (secondary N) is 2. The van der Waals surface area contributed by atoms with Crippen LogP contribution in [0.2, 0.25) is 0 Å². The van der Waals surface area contributed by atoms with Crippen molar-refractivity contribution in [2.75, 3.05) is 19.6 Å². The van der Waals surface area contributed by atoms with E-state index in [0.717, 1.165) is 38.4 Å². The number of carbonyl (C=O) groups is 1. The third-order valence-corrected chi connectivity index (χ3v) is 5.30. The number of carbonyl (C=O) groups excluding carboxylic acids is 1. The van der Waals surface area contributed by atoms with Crippen molar-refractivity contribution in [1.82, 2.24) is 15.5 Å². The lowest BCUT2D eigenvalue weighted by molar-refractivity contribution is -0.132. The first-order valence-corrected chi connectivity index (χ1v) is 10.6. The highest BCUT2D eigenvalue weighted by Crippen LogP contribution is 2.19. The van der Waals surface area contributed by atoms with E-state index in [0.29, 0.717) is 13.0 Å². The Bertz CT molecular complexity index is 825. The summed E-state index contributed by atoms with van der Waals surface area (Å²) >= 11 is 0. The molecule has 1 atom stereocenters. The van der Waals surface area contributed by atoms with Gasteiger partial charge in [0.15, 0.2) is 5.96 Å². The summed E-state index contributed by atoms with van der Waals surface area (Å²) in [4.78, 5) is 19.2. The molecule has 6 heteroatoms. The zero-order valence-corrected chi connectivity index (χ0v) is 20.3. The number of rotatable bonds is 7. The van der Waals surface area contributed by atoms with Gasteiger partial charge < -0.3 is 15.5 Å². The summed E-state index contributed by atoms with van der Waals surface area (Å²) in [5.41, 5.74) is 3.87. The van der Waals surface area contributed by atoms with E-state index in [1.54, 1.807) is 0 Å². The first kappa shape index (κ1) is 24.2. The number of nitrogens with zero attached hydrogens (tertiary/aromatic N) is 2. The molecule has 1 aliphatic rings. The molecule has 1 unspecified atom stereocenters. The molecule has 0 spiro atoms. The highest BCUT2D eigenvalue weighted by Gasteiger charge is 2.19. The normalized spacial score (nSPS) is 14.3. The number of fused-ring (bicyclic) bond motifs is 1. The monoisotopic (exact) mass is 520 g/mol. The Morgan fingerprint density at radius 1 is 1.10 bits per heavy atom. The SMILES string of the molecule is CCNC(=NCCCC(=O)N1CCc2ccccc2C1)NC(C)c1ccccc1.I. The Morgan fingerprint density at radius 3 is 2.53 bits per heavy atom. The molecule has 1 heterocycles. The van der Waals surface area contributed by atoms with Crippen LogP contribution in [0, 0.1) is 0 Å². The quantitative estimate of drug-likeness (QED) is 0.248. The van der Waals surface area contributed by atoms with Crippen molar-refractivity contribution in [2.24, 2.45) is 4.99 Å². The van der Waals surface area contributed by atoms with E-state index < -0.39 is 0 Å². The molecular weight excluding hydrogens is 487 g/mol. The summed E-state index contributed by atoms with van der Waals surface area (Å²) in [6.45, 7) is 7.17. The molecule has 1 amide bonds. The molecule has 0 bridgehead atoms. The molecule has 0 fully saturated rings. The Labute approximate surface area is 197 Å². The lowest BCUT2D eigenvalue weighted by atomic mass is 9.99. The number of benzene rings is 2. The summed E-state index contributed by atoms with van der Waals surface area (Å²) < 4.78 is 0. The number of aliphatic imine (C=N–C) groups is 1. The molecule has 0 saturated heterocycles. The van der Waals surface area contributed by atoms with Gasteiger partial charge in [-0.3, -0.25) is 9.79 Å². The smallest absolute Gasteiger partial charge is 0.222 e. The fourth-order valence-corrected chi connectivity index (χ4v) is 3.64. The van der Waals surface area contributed by atoms with E-state index in [2.05, 4.69) is 59.8 Å². The van der Waals surface area contributed by atoms with Crippen molar-refractivity contribution in [3.05, 3.63) is 71.3 Å². The van der Waals surface area contributed by atoms with Crippen LogP contribution in [0.25, 0.3) is 0 Å². The van der Waals surface area contributed by atoms with Gasteiger partial charge in [-0.1, -0.05) is 54.6 Å². The van der Waals surface area contributed by atoms with Crippen LogP contribution in [-0.4, -0.2) is 36.4 Å². The van der Waals surface area contributed by atoms with Gasteiger partial charge in [0.25, 0.3) is 0 Å². The average molecular weight is 520 g/mol.